The maximum absolute atomic E-state index is 13.7. The van der Waals surface area contributed by atoms with Crippen LogP contribution >= 0.6 is 0 Å². The van der Waals surface area contributed by atoms with Gasteiger partial charge in [0, 0.05) is 55.6 Å². The zero-order valence-corrected chi connectivity index (χ0v) is 22.6. The third-order valence-electron chi connectivity index (χ3n) is 7.56. The molecule has 6 rings (SSSR count). The molecular weight excluding hydrogens is 522 g/mol. The van der Waals surface area contributed by atoms with Crippen molar-refractivity contribution < 1.29 is 18.4 Å². The van der Waals surface area contributed by atoms with E-state index in [4.69, 9.17) is 4.98 Å². The molecule has 41 heavy (non-hydrogen) atoms. The van der Waals surface area contributed by atoms with Crippen molar-refractivity contribution in [2.45, 2.75) is 13.5 Å². The number of aromatic nitrogens is 2. The fraction of sp³-hybridized carbons (Fsp3) is 0.182. The highest BCUT2D eigenvalue weighted by molar-refractivity contribution is 5.95. The highest BCUT2D eigenvalue weighted by Gasteiger charge is 2.25. The van der Waals surface area contributed by atoms with Gasteiger partial charge in [0.25, 0.3) is 5.91 Å². The molecular formula is C33H28F2N4O2. The smallest absolute Gasteiger partial charge is 0.254 e. The number of hydrogen-bond donors (Lipinski definition) is 0. The number of imidazole rings is 1. The number of halogens is 2. The molecule has 1 amide bonds. The van der Waals surface area contributed by atoms with E-state index in [2.05, 4.69) is 9.30 Å². The first kappa shape index (κ1) is 26.5. The first-order valence-electron chi connectivity index (χ1n) is 13.5. The fourth-order valence-corrected chi connectivity index (χ4v) is 5.28. The largest absolute Gasteiger partial charge is 0.336 e. The molecule has 1 saturated heterocycles. The molecule has 6 nitrogen and oxygen atoms in total. The fourth-order valence-electron chi connectivity index (χ4n) is 5.28. The normalized spacial score (nSPS) is 14.0. The lowest BCUT2D eigenvalue weighted by Gasteiger charge is -2.34. The Morgan fingerprint density at radius 2 is 1.44 bits per heavy atom. The van der Waals surface area contributed by atoms with Crippen LogP contribution in [0, 0.1) is 11.6 Å². The number of rotatable bonds is 6. The van der Waals surface area contributed by atoms with Crippen molar-refractivity contribution >= 4 is 17.3 Å². The second-order valence-electron chi connectivity index (χ2n) is 10.3. The Balaban J connectivity index is 1.30. The summed E-state index contributed by atoms with van der Waals surface area (Å²) in [5.41, 5.74) is 6.27. The van der Waals surface area contributed by atoms with Crippen molar-refractivity contribution in [3.63, 3.8) is 0 Å². The van der Waals surface area contributed by atoms with Crippen LogP contribution in [0.25, 0.3) is 28.0 Å². The number of amides is 1. The van der Waals surface area contributed by atoms with Crippen LogP contribution in [0.3, 0.4) is 0 Å². The van der Waals surface area contributed by atoms with Crippen LogP contribution in [0.4, 0.5) is 8.78 Å². The van der Waals surface area contributed by atoms with Gasteiger partial charge >= 0.3 is 0 Å². The minimum Gasteiger partial charge on any atom is -0.336 e. The van der Waals surface area contributed by atoms with Crippen LogP contribution in [0.5, 0.6) is 0 Å². The minimum absolute atomic E-state index is 0.0190. The van der Waals surface area contributed by atoms with Gasteiger partial charge in [-0.15, -0.1) is 0 Å². The van der Waals surface area contributed by atoms with E-state index >= 15 is 0 Å². The monoisotopic (exact) mass is 550 g/mol. The molecule has 8 heteroatoms. The Labute approximate surface area is 236 Å². The quantitative estimate of drug-likeness (QED) is 0.240. The van der Waals surface area contributed by atoms with Gasteiger partial charge in [-0.2, -0.15) is 0 Å². The van der Waals surface area contributed by atoms with E-state index in [9.17, 15) is 18.4 Å². The number of fused-ring (bicyclic) bond motifs is 1. The Kier molecular flexibility index (Phi) is 7.15. The first-order chi connectivity index (χ1) is 19.9. The number of hydrogen-bond acceptors (Lipinski definition) is 4. The Bertz CT molecular complexity index is 1740. The van der Waals surface area contributed by atoms with E-state index in [0.717, 1.165) is 33.7 Å². The molecule has 3 heterocycles. The molecule has 1 aliphatic heterocycles. The highest BCUT2D eigenvalue weighted by atomic mass is 19.1. The lowest BCUT2D eigenvalue weighted by molar-refractivity contribution is 0.0626. The number of Topliss-reactive ketones (excluding diaryl/α,β-unsaturated/α-hetero) is 1. The first-order valence-corrected chi connectivity index (χ1v) is 13.5. The SMILES string of the molecule is CC(=O)c1ccc(-c2ccc3nc(-c4ccc(F)cc4)c(CN4CCN(C(=O)c5cccc(F)c5)CC4)n3c2)cc1. The number of benzene rings is 3. The molecule has 0 spiro atoms. The van der Waals surface area contributed by atoms with E-state index in [0.29, 0.717) is 43.9 Å². The van der Waals surface area contributed by atoms with Gasteiger partial charge in [-0.1, -0.05) is 30.3 Å². The second-order valence-corrected chi connectivity index (χ2v) is 10.3. The number of piperazine rings is 1. The molecule has 1 fully saturated rings. The molecule has 0 N–H and O–H groups in total. The zero-order chi connectivity index (χ0) is 28.5. The van der Waals surface area contributed by atoms with Crippen LogP contribution in [0.15, 0.2) is 91.1 Å². The average Bonchev–Trinajstić information content (AvgIpc) is 3.35. The minimum atomic E-state index is -0.426. The topological polar surface area (TPSA) is 57.9 Å². The van der Waals surface area contributed by atoms with Crippen LogP contribution in [-0.2, 0) is 6.54 Å². The molecule has 1 aliphatic rings. The third kappa shape index (κ3) is 5.51. The lowest BCUT2D eigenvalue weighted by atomic mass is 10.0. The Morgan fingerprint density at radius 3 is 2.12 bits per heavy atom. The van der Waals surface area contributed by atoms with Gasteiger partial charge in [-0.25, -0.2) is 13.8 Å². The van der Waals surface area contributed by atoms with Crippen molar-refractivity contribution in [2.24, 2.45) is 0 Å². The summed E-state index contributed by atoms with van der Waals surface area (Å²) in [5, 5.41) is 0. The standard InChI is InChI=1S/C33H28F2N4O2/c1-22(40)23-5-7-24(8-6-23)27-11-14-31-36-32(25-9-12-28(34)13-10-25)30(39(31)20-27)21-37-15-17-38(18-16-37)33(41)26-3-2-4-29(35)19-26/h2-14,19-20H,15-18,21H2,1H3. The van der Waals surface area contributed by atoms with E-state index in [1.165, 1.54) is 24.3 Å². The lowest BCUT2D eigenvalue weighted by Crippen LogP contribution is -2.48. The third-order valence-corrected chi connectivity index (χ3v) is 7.56. The van der Waals surface area contributed by atoms with Crippen LogP contribution < -0.4 is 0 Å². The summed E-state index contributed by atoms with van der Waals surface area (Å²) >= 11 is 0. The molecule has 2 aromatic heterocycles. The van der Waals surface area contributed by atoms with Crippen molar-refractivity contribution in [1.82, 2.24) is 19.2 Å². The molecule has 206 valence electrons. The van der Waals surface area contributed by atoms with Crippen molar-refractivity contribution in [3.05, 3.63) is 120 Å². The number of pyridine rings is 1. The summed E-state index contributed by atoms with van der Waals surface area (Å²) < 4.78 is 29.5. The summed E-state index contributed by atoms with van der Waals surface area (Å²) in [6.45, 7) is 4.44. The van der Waals surface area contributed by atoms with E-state index < -0.39 is 5.82 Å². The van der Waals surface area contributed by atoms with Gasteiger partial charge in [0.1, 0.15) is 17.3 Å². The predicted octanol–water partition coefficient (Wildman–Crippen LogP) is 6.11. The van der Waals surface area contributed by atoms with Crippen LogP contribution in [-0.4, -0.2) is 57.1 Å². The van der Waals surface area contributed by atoms with Gasteiger partial charge in [0.2, 0.25) is 0 Å². The van der Waals surface area contributed by atoms with E-state index in [1.807, 2.05) is 42.6 Å². The molecule has 5 aromatic rings. The van der Waals surface area contributed by atoms with Crippen LogP contribution in [0.2, 0.25) is 0 Å². The molecule has 0 atom stereocenters. The van der Waals surface area contributed by atoms with Crippen molar-refractivity contribution in [3.8, 4) is 22.4 Å². The van der Waals surface area contributed by atoms with Gasteiger partial charge in [-0.05, 0) is 72.6 Å². The van der Waals surface area contributed by atoms with Crippen LogP contribution in [0.1, 0.15) is 33.3 Å². The molecule has 0 bridgehead atoms. The van der Waals surface area contributed by atoms with Gasteiger partial charge in [-0.3, -0.25) is 14.5 Å². The zero-order valence-electron chi connectivity index (χ0n) is 22.6. The highest BCUT2D eigenvalue weighted by Crippen LogP contribution is 2.29. The molecule has 3 aromatic carbocycles. The maximum atomic E-state index is 13.7. The summed E-state index contributed by atoms with van der Waals surface area (Å²) in [7, 11) is 0. The number of carbonyl (C=O) groups is 2. The molecule has 0 unspecified atom stereocenters. The average molecular weight is 551 g/mol. The van der Waals surface area contributed by atoms with Crippen molar-refractivity contribution in [2.75, 3.05) is 26.2 Å². The number of nitrogens with zero attached hydrogens (tertiary/aromatic N) is 4. The summed E-state index contributed by atoms with van der Waals surface area (Å²) in [6.07, 6.45) is 2.04. The van der Waals surface area contributed by atoms with E-state index in [1.54, 1.807) is 36.1 Å². The number of carbonyl (C=O) groups excluding carboxylic acids is 2. The molecule has 0 radical (unpaired) electrons. The van der Waals surface area contributed by atoms with Gasteiger partial charge < -0.3 is 9.30 Å². The Hall–Kier alpha value is -4.69. The van der Waals surface area contributed by atoms with Gasteiger partial charge in [0.15, 0.2) is 5.78 Å². The maximum Gasteiger partial charge on any atom is 0.254 e. The molecule has 0 saturated carbocycles. The molecule has 0 aliphatic carbocycles. The van der Waals surface area contributed by atoms with Crippen molar-refractivity contribution in [1.29, 1.82) is 0 Å². The number of ketones is 1. The predicted molar refractivity (Wildman–Crippen MR) is 154 cm³/mol. The summed E-state index contributed by atoms with van der Waals surface area (Å²) in [6, 6.07) is 23.6. The Morgan fingerprint density at radius 1 is 0.756 bits per heavy atom. The van der Waals surface area contributed by atoms with Gasteiger partial charge in [0.05, 0.1) is 11.4 Å². The van der Waals surface area contributed by atoms with E-state index in [-0.39, 0.29) is 17.5 Å². The summed E-state index contributed by atoms with van der Waals surface area (Å²) in [4.78, 5) is 33.6. The second kappa shape index (κ2) is 11.1. The summed E-state index contributed by atoms with van der Waals surface area (Å²) in [5.74, 6) is -0.893.